The maximum Gasteiger partial charge on any atom is 0.129 e. The molecule has 2 aromatic carbocycles. The van der Waals surface area contributed by atoms with E-state index in [1.807, 2.05) is 30.3 Å². The van der Waals surface area contributed by atoms with E-state index in [4.69, 9.17) is 17.3 Å². The average Bonchev–Trinajstić information content (AvgIpc) is 2.97. The predicted octanol–water partition coefficient (Wildman–Crippen LogP) is 3.11. The molecule has 0 spiro atoms. The van der Waals surface area contributed by atoms with E-state index in [1.54, 1.807) is 16.8 Å². The van der Waals surface area contributed by atoms with E-state index in [0.717, 1.165) is 5.69 Å². The van der Waals surface area contributed by atoms with Gasteiger partial charge >= 0.3 is 0 Å². The Kier molecular flexibility index (Phi) is 3.68. The molecular formula is C15H12ClFN4. The van der Waals surface area contributed by atoms with Crippen LogP contribution in [0.5, 0.6) is 0 Å². The van der Waals surface area contributed by atoms with E-state index in [1.165, 1.54) is 12.3 Å². The van der Waals surface area contributed by atoms with Crippen molar-refractivity contribution in [2.45, 2.75) is 6.04 Å². The Morgan fingerprint density at radius 1 is 1.14 bits per heavy atom. The topological polar surface area (TPSA) is 56.7 Å². The maximum atomic E-state index is 14.0. The van der Waals surface area contributed by atoms with Gasteiger partial charge in [0.1, 0.15) is 5.82 Å². The van der Waals surface area contributed by atoms with Crippen LogP contribution >= 0.6 is 11.6 Å². The summed E-state index contributed by atoms with van der Waals surface area (Å²) in [5.74, 6) is -0.448. The number of benzene rings is 2. The SMILES string of the molecule is NC(c1ccc(Cl)cc1F)c1cnnn1-c1ccccc1. The van der Waals surface area contributed by atoms with Gasteiger partial charge < -0.3 is 5.73 Å². The first kappa shape index (κ1) is 13.7. The van der Waals surface area contributed by atoms with Crippen molar-refractivity contribution >= 4 is 11.6 Å². The normalized spacial score (nSPS) is 12.3. The van der Waals surface area contributed by atoms with Gasteiger partial charge in [0.2, 0.25) is 0 Å². The Hall–Kier alpha value is -2.24. The van der Waals surface area contributed by atoms with Crippen molar-refractivity contribution in [3.8, 4) is 5.69 Å². The summed E-state index contributed by atoms with van der Waals surface area (Å²) in [4.78, 5) is 0. The fourth-order valence-electron chi connectivity index (χ4n) is 2.14. The Bertz CT molecular complexity index is 757. The van der Waals surface area contributed by atoms with Crippen molar-refractivity contribution in [1.82, 2.24) is 15.0 Å². The Balaban J connectivity index is 2.03. The van der Waals surface area contributed by atoms with Crippen LogP contribution in [-0.4, -0.2) is 15.0 Å². The highest BCUT2D eigenvalue weighted by Crippen LogP contribution is 2.25. The lowest BCUT2D eigenvalue weighted by atomic mass is 10.0. The van der Waals surface area contributed by atoms with Crippen LogP contribution in [0.4, 0.5) is 4.39 Å². The molecule has 1 unspecified atom stereocenters. The first-order chi connectivity index (χ1) is 10.2. The van der Waals surface area contributed by atoms with Crippen molar-refractivity contribution in [1.29, 1.82) is 0 Å². The summed E-state index contributed by atoms with van der Waals surface area (Å²) in [6.07, 6.45) is 1.53. The lowest BCUT2D eigenvalue weighted by Gasteiger charge is -2.14. The Labute approximate surface area is 126 Å². The number of nitrogens with two attached hydrogens (primary N) is 1. The molecule has 0 amide bonds. The first-order valence-corrected chi connectivity index (χ1v) is 6.71. The second-order valence-electron chi connectivity index (χ2n) is 4.55. The number of rotatable bonds is 3. The number of aromatic nitrogens is 3. The van der Waals surface area contributed by atoms with Gasteiger partial charge in [0.15, 0.2) is 0 Å². The zero-order valence-electron chi connectivity index (χ0n) is 10.9. The molecular weight excluding hydrogens is 291 g/mol. The van der Waals surface area contributed by atoms with E-state index >= 15 is 0 Å². The van der Waals surface area contributed by atoms with Crippen LogP contribution in [0.3, 0.4) is 0 Å². The standard InChI is InChI=1S/C15H12ClFN4/c16-10-6-7-12(13(17)8-10)15(18)14-9-19-20-21(14)11-4-2-1-3-5-11/h1-9,15H,18H2. The Morgan fingerprint density at radius 2 is 1.90 bits per heavy atom. The quantitative estimate of drug-likeness (QED) is 0.809. The molecule has 21 heavy (non-hydrogen) atoms. The predicted molar refractivity (Wildman–Crippen MR) is 78.8 cm³/mol. The lowest BCUT2D eigenvalue weighted by Crippen LogP contribution is -2.18. The minimum atomic E-state index is -0.683. The van der Waals surface area contributed by atoms with Gasteiger partial charge in [-0.3, -0.25) is 0 Å². The third kappa shape index (κ3) is 2.66. The molecule has 0 radical (unpaired) electrons. The van der Waals surface area contributed by atoms with Gasteiger partial charge in [0.25, 0.3) is 0 Å². The number of hydrogen-bond acceptors (Lipinski definition) is 3. The van der Waals surface area contributed by atoms with E-state index in [9.17, 15) is 4.39 Å². The molecule has 0 saturated heterocycles. The zero-order valence-corrected chi connectivity index (χ0v) is 11.7. The minimum absolute atomic E-state index is 0.332. The van der Waals surface area contributed by atoms with Gasteiger partial charge in [-0.2, -0.15) is 0 Å². The minimum Gasteiger partial charge on any atom is -0.319 e. The van der Waals surface area contributed by atoms with Crippen molar-refractivity contribution in [2.75, 3.05) is 0 Å². The summed E-state index contributed by atoms with van der Waals surface area (Å²) in [6, 6.07) is 13.2. The van der Waals surface area contributed by atoms with Crippen LogP contribution < -0.4 is 5.73 Å². The highest BCUT2D eigenvalue weighted by atomic mass is 35.5. The fourth-order valence-corrected chi connectivity index (χ4v) is 2.30. The van der Waals surface area contributed by atoms with Crippen LogP contribution in [0.2, 0.25) is 5.02 Å². The van der Waals surface area contributed by atoms with Gasteiger partial charge in [-0.05, 0) is 24.3 Å². The van der Waals surface area contributed by atoms with Crippen LogP contribution in [-0.2, 0) is 0 Å². The highest BCUT2D eigenvalue weighted by molar-refractivity contribution is 6.30. The van der Waals surface area contributed by atoms with Gasteiger partial charge in [0.05, 0.1) is 23.6 Å². The first-order valence-electron chi connectivity index (χ1n) is 6.33. The van der Waals surface area contributed by atoms with E-state index < -0.39 is 11.9 Å². The molecule has 0 bridgehead atoms. The van der Waals surface area contributed by atoms with Crippen LogP contribution in [0.15, 0.2) is 54.7 Å². The second-order valence-corrected chi connectivity index (χ2v) is 4.99. The third-order valence-corrected chi connectivity index (χ3v) is 3.43. The lowest BCUT2D eigenvalue weighted by molar-refractivity contribution is 0.592. The monoisotopic (exact) mass is 302 g/mol. The summed E-state index contributed by atoms with van der Waals surface area (Å²) >= 11 is 5.76. The molecule has 1 heterocycles. The number of nitrogens with zero attached hydrogens (tertiary/aromatic N) is 3. The number of para-hydroxylation sites is 1. The van der Waals surface area contributed by atoms with Crippen molar-refractivity contribution in [2.24, 2.45) is 5.73 Å². The van der Waals surface area contributed by atoms with Gasteiger partial charge in [0, 0.05) is 10.6 Å². The molecule has 1 atom stereocenters. The molecule has 1 aromatic heterocycles. The molecule has 3 aromatic rings. The molecule has 0 aliphatic carbocycles. The summed E-state index contributed by atoms with van der Waals surface area (Å²) in [7, 11) is 0. The molecule has 0 saturated carbocycles. The molecule has 6 heteroatoms. The summed E-state index contributed by atoms with van der Waals surface area (Å²) in [5.41, 5.74) is 7.93. The summed E-state index contributed by atoms with van der Waals surface area (Å²) < 4.78 is 15.6. The number of hydrogen-bond donors (Lipinski definition) is 1. The van der Waals surface area contributed by atoms with E-state index in [2.05, 4.69) is 10.3 Å². The molecule has 3 rings (SSSR count). The molecule has 0 aliphatic heterocycles. The third-order valence-electron chi connectivity index (χ3n) is 3.19. The average molecular weight is 303 g/mol. The Morgan fingerprint density at radius 3 is 2.62 bits per heavy atom. The zero-order chi connectivity index (χ0) is 14.8. The molecule has 0 aliphatic rings. The molecule has 4 nitrogen and oxygen atoms in total. The summed E-state index contributed by atoms with van der Waals surface area (Å²) in [6.45, 7) is 0. The molecule has 106 valence electrons. The molecule has 2 N–H and O–H groups in total. The van der Waals surface area contributed by atoms with Crippen LogP contribution in [0.25, 0.3) is 5.69 Å². The smallest absolute Gasteiger partial charge is 0.129 e. The van der Waals surface area contributed by atoms with Crippen molar-refractivity contribution in [3.63, 3.8) is 0 Å². The van der Waals surface area contributed by atoms with Crippen LogP contribution in [0.1, 0.15) is 17.3 Å². The van der Waals surface area contributed by atoms with Gasteiger partial charge in [-0.25, -0.2) is 9.07 Å². The second kappa shape index (κ2) is 5.63. The summed E-state index contributed by atoms with van der Waals surface area (Å²) in [5, 5.41) is 8.23. The van der Waals surface area contributed by atoms with Gasteiger partial charge in [-0.15, -0.1) is 5.10 Å². The highest BCUT2D eigenvalue weighted by Gasteiger charge is 2.19. The fraction of sp³-hybridized carbons (Fsp3) is 0.0667. The largest absolute Gasteiger partial charge is 0.319 e. The molecule has 0 fully saturated rings. The van der Waals surface area contributed by atoms with Crippen molar-refractivity contribution in [3.05, 3.63) is 76.8 Å². The van der Waals surface area contributed by atoms with Crippen LogP contribution in [0, 0.1) is 5.82 Å². The van der Waals surface area contributed by atoms with Crippen molar-refractivity contribution < 1.29 is 4.39 Å². The maximum absolute atomic E-state index is 14.0. The van der Waals surface area contributed by atoms with E-state index in [0.29, 0.717) is 16.3 Å². The number of halogens is 2. The van der Waals surface area contributed by atoms with E-state index in [-0.39, 0.29) is 0 Å². The van der Waals surface area contributed by atoms with Gasteiger partial charge in [-0.1, -0.05) is 41.1 Å².